The van der Waals surface area contributed by atoms with E-state index in [-0.39, 0.29) is 5.41 Å². The highest BCUT2D eigenvalue weighted by atomic mass is 15.0. The van der Waals surface area contributed by atoms with E-state index in [0.29, 0.717) is 5.82 Å². The number of nitrogens with zero attached hydrogens (tertiary/aromatic N) is 3. The fourth-order valence-corrected chi connectivity index (χ4v) is 9.06. The van der Waals surface area contributed by atoms with Crippen LogP contribution in [0.25, 0.3) is 94.8 Å². The van der Waals surface area contributed by atoms with Gasteiger partial charge in [-0.2, -0.15) is 0 Å². The standard InChI is InChI=1S/C55H39N3/c1-55(2)48-22-12-9-19-44(48)45-30-27-39(34-49(45)55)41-31-40(36-25-28-43(29-26-36)58-52-23-13-10-20-46(52)47-21-11-14-24-53(47)58)32-42(33-41)51-35-50(37-15-5-3-6-16-37)56-54(57-51)38-17-7-4-8-18-38/h3-35H,1-2H3. The van der Waals surface area contributed by atoms with Crippen LogP contribution in [-0.2, 0) is 5.41 Å². The Bertz CT molecular complexity index is 3060. The summed E-state index contributed by atoms with van der Waals surface area (Å²) in [5, 5.41) is 2.52. The number of para-hydroxylation sites is 2. The molecule has 0 unspecified atom stereocenters. The van der Waals surface area contributed by atoms with Crippen LogP contribution >= 0.6 is 0 Å². The van der Waals surface area contributed by atoms with Crippen LogP contribution in [0.3, 0.4) is 0 Å². The van der Waals surface area contributed by atoms with Gasteiger partial charge in [-0.05, 0) is 99.1 Å². The van der Waals surface area contributed by atoms with Crippen LogP contribution in [0.15, 0.2) is 200 Å². The molecule has 2 heterocycles. The first-order chi connectivity index (χ1) is 28.5. The van der Waals surface area contributed by atoms with Crippen molar-refractivity contribution < 1.29 is 0 Å². The van der Waals surface area contributed by atoms with E-state index in [1.165, 1.54) is 49.6 Å². The van der Waals surface area contributed by atoms with Gasteiger partial charge >= 0.3 is 0 Å². The molecular weight excluding hydrogens is 703 g/mol. The van der Waals surface area contributed by atoms with Crippen molar-refractivity contribution >= 4 is 21.8 Å². The lowest BCUT2D eigenvalue weighted by Gasteiger charge is -2.22. The Balaban J connectivity index is 1.09. The van der Waals surface area contributed by atoms with E-state index < -0.39 is 0 Å². The lowest BCUT2D eigenvalue weighted by atomic mass is 9.81. The highest BCUT2D eigenvalue weighted by Crippen LogP contribution is 2.50. The van der Waals surface area contributed by atoms with Crippen molar-refractivity contribution in [3.05, 3.63) is 211 Å². The highest BCUT2D eigenvalue weighted by Gasteiger charge is 2.35. The van der Waals surface area contributed by atoms with Crippen LogP contribution in [0.5, 0.6) is 0 Å². The molecule has 0 bridgehead atoms. The Morgan fingerprint density at radius 1 is 0.362 bits per heavy atom. The Morgan fingerprint density at radius 3 is 1.57 bits per heavy atom. The van der Waals surface area contributed by atoms with Gasteiger partial charge in [0, 0.05) is 38.6 Å². The van der Waals surface area contributed by atoms with Crippen LogP contribution in [0.1, 0.15) is 25.0 Å². The first-order valence-electron chi connectivity index (χ1n) is 20.0. The summed E-state index contributed by atoms with van der Waals surface area (Å²) in [4.78, 5) is 10.4. The largest absolute Gasteiger partial charge is 0.309 e. The quantitative estimate of drug-likeness (QED) is 0.170. The molecule has 0 aliphatic heterocycles. The molecule has 0 saturated carbocycles. The Labute approximate surface area is 338 Å². The topological polar surface area (TPSA) is 30.7 Å². The summed E-state index contributed by atoms with van der Waals surface area (Å²) in [5.74, 6) is 0.705. The van der Waals surface area contributed by atoms with Crippen molar-refractivity contribution in [1.29, 1.82) is 0 Å². The van der Waals surface area contributed by atoms with Crippen molar-refractivity contribution in [2.24, 2.45) is 0 Å². The van der Waals surface area contributed by atoms with Gasteiger partial charge in [0.05, 0.1) is 22.4 Å². The Hall–Kier alpha value is -7.36. The molecule has 58 heavy (non-hydrogen) atoms. The molecule has 10 aromatic rings. The minimum absolute atomic E-state index is 0.104. The van der Waals surface area contributed by atoms with E-state index in [2.05, 4.69) is 194 Å². The van der Waals surface area contributed by atoms with Crippen LogP contribution in [0.2, 0.25) is 0 Å². The van der Waals surface area contributed by atoms with Crippen LogP contribution in [0.4, 0.5) is 0 Å². The zero-order valence-electron chi connectivity index (χ0n) is 32.4. The third-order valence-electron chi connectivity index (χ3n) is 12.0. The molecule has 0 atom stereocenters. The minimum Gasteiger partial charge on any atom is -0.309 e. The normalized spacial score (nSPS) is 12.8. The van der Waals surface area contributed by atoms with Gasteiger partial charge in [-0.25, -0.2) is 9.97 Å². The number of fused-ring (bicyclic) bond motifs is 6. The number of hydrogen-bond acceptors (Lipinski definition) is 2. The molecule has 11 rings (SSSR count). The third kappa shape index (κ3) is 5.58. The lowest BCUT2D eigenvalue weighted by Crippen LogP contribution is -2.14. The van der Waals surface area contributed by atoms with Gasteiger partial charge in [-0.1, -0.05) is 159 Å². The molecule has 8 aromatic carbocycles. The van der Waals surface area contributed by atoms with Gasteiger partial charge in [-0.15, -0.1) is 0 Å². The van der Waals surface area contributed by atoms with E-state index in [4.69, 9.17) is 9.97 Å². The maximum atomic E-state index is 5.27. The van der Waals surface area contributed by atoms with E-state index >= 15 is 0 Å². The van der Waals surface area contributed by atoms with Gasteiger partial charge in [0.15, 0.2) is 5.82 Å². The summed E-state index contributed by atoms with van der Waals surface area (Å²) in [5.41, 5.74) is 18.3. The molecule has 0 amide bonds. The van der Waals surface area contributed by atoms with Crippen molar-refractivity contribution in [3.8, 4) is 73.0 Å². The van der Waals surface area contributed by atoms with E-state index in [1.807, 2.05) is 24.3 Å². The number of benzene rings is 8. The predicted octanol–water partition coefficient (Wildman–Crippen LogP) is 14.2. The molecule has 0 saturated heterocycles. The second-order valence-corrected chi connectivity index (χ2v) is 15.8. The molecule has 2 aromatic heterocycles. The van der Waals surface area contributed by atoms with E-state index in [0.717, 1.165) is 50.5 Å². The average molecular weight is 742 g/mol. The Kier molecular flexibility index (Phi) is 7.84. The summed E-state index contributed by atoms with van der Waals surface area (Å²) >= 11 is 0. The van der Waals surface area contributed by atoms with Crippen molar-refractivity contribution in [1.82, 2.24) is 14.5 Å². The smallest absolute Gasteiger partial charge is 0.160 e. The molecule has 3 nitrogen and oxygen atoms in total. The van der Waals surface area contributed by atoms with Gasteiger partial charge in [-0.3, -0.25) is 0 Å². The fraction of sp³-hybridized carbons (Fsp3) is 0.0545. The highest BCUT2D eigenvalue weighted by molar-refractivity contribution is 6.09. The maximum Gasteiger partial charge on any atom is 0.160 e. The average Bonchev–Trinajstić information content (AvgIpc) is 3.75. The number of aromatic nitrogens is 3. The van der Waals surface area contributed by atoms with Crippen LogP contribution in [0, 0.1) is 0 Å². The van der Waals surface area contributed by atoms with Gasteiger partial charge in [0.2, 0.25) is 0 Å². The first kappa shape index (κ1) is 33.9. The van der Waals surface area contributed by atoms with E-state index in [9.17, 15) is 0 Å². The van der Waals surface area contributed by atoms with E-state index in [1.54, 1.807) is 0 Å². The van der Waals surface area contributed by atoms with Gasteiger partial charge < -0.3 is 4.57 Å². The SMILES string of the molecule is CC1(C)c2ccccc2-c2ccc(-c3cc(-c4ccc(-n5c6ccccc6c6ccccc65)cc4)cc(-c4cc(-c5ccccc5)nc(-c5ccccc5)n4)c3)cc21. The number of hydrogen-bond donors (Lipinski definition) is 0. The predicted molar refractivity (Wildman–Crippen MR) is 241 cm³/mol. The lowest BCUT2D eigenvalue weighted by molar-refractivity contribution is 0.660. The molecule has 0 radical (unpaired) electrons. The molecule has 274 valence electrons. The zero-order chi connectivity index (χ0) is 38.8. The minimum atomic E-state index is -0.104. The second kappa shape index (κ2) is 13.4. The molecule has 0 spiro atoms. The molecule has 0 N–H and O–H groups in total. The first-order valence-corrected chi connectivity index (χ1v) is 20.0. The molecular formula is C55H39N3. The third-order valence-corrected chi connectivity index (χ3v) is 12.0. The molecule has 0 fully saturated rings. The summed E-state index contributed by atoms with van der Waals surface area (Å²) < 4.78 is 2.37. The number of rotatable bonds is 6. The van der Waals surface area contributed by atoms with Crippen LogP contribution < -0.4 is 0 Å². The fourth-order valence-electron chi connectivity index (χ4n) is 9.06. The van der Waals surface area contributed by atoms with Crippen molar-refractivity contribution in [3.63, 3.8) is 0 Å². The molecule has 3 heteroatoms. The summed E-state index contributed by atoms with van der Waals surface area (Å²) in [6.07, 6.45) is 0. The molecule has 1 aliphatic rings. The zero-order valence-corrected chi connectivity index (χ0v) is 32.4. The summed E-state index contributed by atoms with van der Waals surface area (Å²) in [6.45, 7) is 4.69. The summed E-state index contributed by atoms with van der Waals surface area (Å²) in [7, 11) is 0. The second-order valence-electron chi connectivity index (χ2n) is 15.8. The van der Waals surface area contributed by atoms with Gasteiger partial charge in [0.25, 0.3) is 0 Å². The van der Waals surface area contributed by atoms with Crippen LogP contribution in [-0.4, -0.2) is 14.5 Å². The van der Waals surface area contributed by atoms with Crippen molar-refractivity contribution in [2.75, 3.05) is 0 Å². The van der Waals surface area contributed by atoms with Gasteiger partial charge in [0.1, 0.15) is 0 Å². The maximum absolute atomic E-state index is 5.27. The molecule has 1 aliphatic carbocycles. The Morgan fingerprint density at radius 2 is 0.879 bits per heavy atom. The van der Waals surface area contributed by atoms with Crippen molar-refractivity contribution in [2.45, 2.75) is 19.3 Å². The summed E-state index contributed by atoms with van der Waals surface area (Å²) in [6, 6.07) is 72.0. The monoisotopic (exact) mass is 741 g/mol.